The van der Waals surface area contributed by atoms with Crippen LogP contribution >= 0.6 is 11.6 Å². The van der Waals surface area contributed by atoms with Crippen LogP contribution in [0.25, 0.3) is 0 Å². The van der Waals surface area contributed by atoms with Gasteiger partial charge in [-0.2, -0.15) is 0 Å². The molecule has 1 aromatic carbocycles. The van der Waals surface area contributed by atoms with Crippen molar-refractivity contribution in [2.75, 3.05) is 10.6 Å². The lowest BCUT2D eigenvalue weighted by molar-refractivity contribution is -0.116. The number of carbonyl (C=O) groups excluding carboxylic acids is 1. The van der Waals surface area contributed by atoms with Crippen LogP contribution in [0.3, 0.4) is 0 Å². The number of nitrogens with zero attached hydrogens (tertiary/aromatic N) is 2. The number of halogens is 1. The van der Waals surface area contributed by atoms with Crippen molar-refractivity contribution in [1.82, 2.24) is 10.2 Å². The molecule has 0 saturated heterocycles. The van der Waals surface area contributed by atoms with Gasteiger partial charge in [0.05, 0.1) is 0 Å². The smallest absolute Gasteiger partial charge is 0.225 e. The number of rotatable bonds is 6. The topological polar surface area (TPSA) is 66.9 Å². The van der Waals surface area contributed by atoms with Gasteiger partial charge >= 0.3 is 0 Å². The second kappa shape index (κ2) is 7.59. The molecule has 0 unspecified atom stereocenters. The summed E-state index contributed by atoms with van der Waals surface area (Å²) in [7, 11) is 0. The number of aromatic nitrogens is 2. The summed E-state index contributed by atoms with van der Waals surface area (Å²) in [5.41, 5.74) is 0.987. The molecule has 21 heavy (non-hydrogen) atoms. The van der Waals surface area contributed by atoms with Crippen molar-refractivity contribution in [2.45, 2.75) is 26.3 Å². The van der Waals surface area contributed by atoms with E-state index < -0.39 is 0 Å². The molecular weight excluding hydrogens is 288 g/mol. The lowest BCUT2D eigenvalue weighted by Gasteiger charge is -2.07. The molecule has 0 saturated carbocycles. The van der Waals surface area contributed by atoms with Crippen molar-refractivity contribution >= 4 is 29.1 Å². The Hall–Kier alpha value is -2.14. The fraction of sp³-hybridized carbons (Fsp3) is 0.267. The molecule has 2 rings (SSSR count). The second-order valence-electron chi connectivity index (χ2n) is 4.55. The first-order valence-electron chi connectivity index (χ1n) is 6.80. The summed E-state index contributed by atoms with van der Waals surface area (Å²) in [6.45, 7) is 2.52. The number of benzene rings is 1. The Balaban J connectivity index is 1.91. The number of hydrogen-bond donors (Lipinski definition) is 2. The van der Waals surface area contributed by atoms with Gasteiger partial charge in [-0.05, 0) is 30.2 Å². The molecule has 1 heterocycles. The Morgan fingerprint density at radius 3 is 2.52 bits per heavy atom. The first-order chi connectivity index (χ1) is 10.2. The van der Waals surface area contributed by atoms with E-state index in [0.717, 1.165) is 12.0 Å². The predicted molar refractivity (Wildman–Crippen MR) is 84.3 cm³/mol. The van der Waals surface area contributed by atoms with Crippen LogP contribution in [-0.4, -0.2) is 16.1 Å². The lowest BCUT2D eigenvalue weighted by Crippen LogP contribution is -2.12. The largest absolute Gasteiger partial charge is 0.364 e. The monoisotopic (exact) mass is 304 g/mol. The second-order valence-corrected chi connectivity index (χ2v) is 4.95. The third kappa shape index (κ3) is 4.72. The summed E-state index contributed by atoms with van der Waals surface area (Å²) in [5.74, 6) is 1.03. The third-order valence-electron chi connectivity index (χ3n) is 2.83. The minimum absolute atomic E-state index is 0.0522. The fourth-order valence-electron chi connectivity index (χ4n) is 1.75. The van der Waals surface area contributed by atoms with Crippen LogP contribution in [0.5, 0.6) is 0 Å². The van der Waals surface area contributed by atoms with Gasteiger partial charge in [-0.1, -0.05) is 36.7 Å². The van der Waals surface area contributed by atoms with Gasteiger partial charge in [0.25, 0.3) is 0 Å². The van der Waals surface area contributed by atoms with E-state index in [1.807, 2.05) is 31.2 Å². The molecule has 5 nitrogen and oxygen atoms in total. The highest BCUT2D eigenvalue weighted by atomic mass is 35.5. The highest BCUT2D eigenvalue weighted by Crippen LogP contribution is 2.16. The van der Waals surface area contributed by atoms with Crippen LogP contribution in [0.2, 0.25) is 5.02 Å². The van der Waals surface area contributed by atoms with Crippen LogP contribution in [0.4, 0.5) is 11.6 Å². The van der Waals surface area contributed by atoms with Crippen molar-refractivity contribution in [1.29, 1.82) is 0 Å². The number of anilines is 2. The normalized spacial score (nSPS) is 10.2. The molecule has 0 aliphatic carbocycles. The maximum absolute atomic E-state index is 11.4. The summed E-state index contributed by atoms with van der Waals surface area (Å²) in [6, 6.07) is 11.1. The molecule has 0 aliphatic heterocycles. The maximum atomic E-state index is 11.4. The fourth-order valence-corrected chi connectivity index (χ4v) is 1.96. The van der Waals surface area contributed by atoms with Crippen molar-refractivity contribution in [3.05, 3.63) is 47.0 Å². The van der Waals surface area contributed by atoms with Crippen LogP contribution in [0.1, 0.15) is 25.3 Å². The van der Waals surface area contributed by atoms with E-state index >= 15 is 0 Å². The standard InChI is InChI=1S/C15H17ClN4O/c1-2-5-15(21)18-14-9-8-13(19-20-14)17-10-11-6-3-4-7-12(11)16/h3-4,6-9H,2,5,10H2,1H3,(H,17,19)(H,18,20,21). The molecule has 1 aromatic heterocycles. The van der Waals surface area contributed by atoms with Crippen LogP contribution in [0, 0.1) is 0 Å². The van der Waals surface area contributed by atoms with E-state index in [4.69, 9.17) is 11.6 Å². The number of carbonyl (C=O) groups is 1. The molecule has 0 atom stereocenters. The summed E-state index contributed by atoms with van der Waals surface area (Å²) in [4.78, 5) is 11.4. The van der Waals surface area contributed by atoms with Gasteiger partial charge in [-0.3, -0.25) is 4.79 Å². The summed E-state index contributed by atoms with van der Waals surface area (Å²) in [6.07, 6.45) is 1.28. The minimum Gasteiger partial charge on any atom is -0.364 e. The van der Waals surface area contributed by atoms with Crippen molar-refractivity contribution < 1.29 is 4.79 Å². The summed E-state index contributed by atoms with van der Waals surface area (Å²) < 4.78 is 0. The lowest BCUT2D eigenvalue weighted by atomic mass is 10.2. The van der Waals surface area contributed by atoms with E-state index in [-0.39, 0.29) is 5.91 Å². The van der Waals surface area contributed by atoms with Gasteiger partial charge in [0.2, 0.25) is 5.91 Å². The molecule has 2 N–H and O–H groups in total. The molecule has 0 fully saturated rings. The zero-order valence-corrected chi connectivity index (χ0v) is 12.5. The quantitative estimate of drug-likeness (QED) is 0.857. The summed E-state index contributed by atoms with van der Waals surface area (Å²) >= 11 is 6.08. The average molecular weight is 305 g/mol. The minimum atomic E-state index is -0.0522. The van der Waals surface area contributed by atoms with Crippen LogP contribution in [-0.2, 0) is 11.3 Å². The Bertz CT molecular complexity index is 601. The third-order valence-corrected chi connectivity index (χ3v) is 3.20. The van der Waals surface area contributed by atoms with Crippen molar-refractivity contribution in [3.8, 4) is 0 Å². The highest BCUT2D eigenvalue weighted by Gasteiger charge is 2.03. The SMILES string of the molecule is CCCC(=O)Nc1ccc(NCc2ccccc2Cl)nn1. The van der Waals surface area contributed by atoms with E-state index in [0.29, 0.717) is 29.6 Å². The molecule has 1 amide bonds. The molecule has 0 spiro atoms. The van der Waals surface area contributed by atoms with Gasteiger partial charge < -0.3 is 10.6 Å². The Morgan fingerprint density at radius 1 is 1.14 bits per heavy atom. The van der Waals surface area contributed by atoms with Gasteiger partial charge in [0.1, 0.15) is 5.82 Å². The van der Waals surface area contributed by atoms with Gasteiger partial charge in [0, 0.05) is 18.0 Å². The average Bonchev–Trinajstić information content (AvgIpc) is 2.48. The van der Waals surface area contributed by atoms with Gasteiger partial charge in [0.15, 0.2) is 5.82 Å². The van der Waals surface area contributed by atoms with Crippen LogP contribution in [0.15, 0.2) is 36.4 Å². The number of nitrogens with one attached hydrogen (secondary N) is 2. The Morgan fingerprint density at radius 2 is 1.86 bits per heavy atom. The zero-order chi connectivity index (χ0) is 15.1. The Labute approximate surface area is 128 Å². The zero-order valence-electron chi connectivity index (χ0n) is 11.8. The predicted octanol–water partition coefficient (Wildman–Crippen LogP) is 3.48. The van der Waals surface area contributed by atoms with Crippen molar-refractivity contribution in [3.63, 3.8) is 0 Å². The number of hydrogen-bond acceptors (Lipinski definition) is 4. The number of amides is 1. The Kier molecular flexibility index (Phi) is 5.51. The summed E-state index contributed by atoms with van der Waals surface area (Å²) in [5, 5.41) is 14.5. The highest BCUT2D eigenvalue weighted by molar-refractivity contribution is 6.31. The first-order valence-corrected chi connectivity index (χ1v) is 7.17. The first kappa shape index (κ1) is 15.3. The van der Waals surface area contributed by atoms with E-state index in [1.165, 1.54) is 0 Å². The molecule has 6 heteroatoms. The van der Waals surface area contributed by atoms with Gasteiger partial charge in [-0.15, -0.1) is 10.2 Å². The molecule has 0 aliphatic rings. The molecule has 0 radical (unpaired) electrons. The molecular formula is C15H17ClN4O. The van der Waals surface area contributed by atoms with E-state index in [9.17, 15) is 4.79 Å². The van der Waals surface area contributed by atoms with Crippen LogP contribution < -0.4 is 10.6 Å². The van der Waals surface area contributed by atoms with Gasteiger partial charge in [-0.25, -0.2) is 0 Å². The molecule has 110 valence electrons. The molecule has 2 aromatic rings. The van der Waals surface area contributed by atoms with E-state index in [1.54, 1.807) is 12.1 Å². The molecule has 0 bridgehead atoms. The van der Waals surface area contributed by atoms with Crippen molar-refractivity contribution in [2.24, 2.45) is 0 Å². The van der Waals surface area contributed by atoms with E-state index in [2.05, 4.69) is 20.8 Å². The maximum Gasteiger partial charge on any atom is 0.225 e.